The Labute approximate surface area is 146 Å². The van der Waals surface area contributed by atoms with Gasteiger partial charge in [-0.1, -0.05) is 48.5 Å². The van der Waals surface area contributed by atoms with Gasteiger partial charge >= 0.3 is 0 Å². The van der Waals surface area contributed by atoms with Gasteiger partial charge < -0.3 is 0 Å². The zero-order chi connectivity index (χ0) is 17.1. The predicted octanol–water partition coefficient (Wildman–Crippen LogP) is 4.10. The molecule has 25 heavy (non-hydrogen) atoms. The van der Waals surface area contributed by atoms with Crippen LogP contribution in [-0.2, 0) is 6.42 Å². The Bertz CT molecular complexity index is 962. The quantitative estimate of drug-likeness (QED) is 0.568. The van der Waals surface area contributed by atoms with Crippen LogP contribution < -0.4 is 5.43 Å². The van der Waals surface area contributed by atoms with Crippen molar-refractivity contribution in [2.75, 3.05) is 0 Å². The van der Waals surface area contributed by atoms with E-state index in [0.717, 1.165) is 47.9 Å². The highest BCUT2D eigenvalue weighted by atomic mass is 16.2. The molecule has 0 spiro atoms. The largest absolute Gasteiger partial charge is 0.289 e. The van der Waals surface area contributed by atoms with Crippen LogP contribution in [0.15, 0.2) is 65.8 Å². The summed E-state index contributed by atoms with van der Waals surface area (Å²) in [5.41, 5.74) is 7.27. The summed E-state index contributed by atoms with van der Waals surface area (Å²) in [6.07, 6.45) is 4.17. The van der Waals surface area contributed by atoms with Crippen molar-refractivity contribution in [3.05, 3.63) is 77.5 Å². The Morgan fingerprint density at radius 2 is 1.72 bits per heavy atom. The van der Waals surface area contributed by atoms with Crippen LogP contribution in [0.2, 0.25) is 0 Å². The van der Waals surface area contributed by atoms with E-state index in [-0.39, 0.29) is 5.91 Å². The van der Waals surface area contributed by atoms with Gasteiger partial charge in [0, 0.05) is 10.9 Å². The van der Waals surface area contributed by atoms with Crippen LogP contribution in [0, 0.1) is 0 Å². The van der Waals surface area contributed by atoms with E-state index in [0.29, 0.717) is 5.69 Å². The number of nitrogens with one attached hydrogen (secondary N) is 1. The number of carbonyl (C=O) groups is 1. The van der Waals surface area contributed by atoms with Gasteiger partial charge in [0.05, 0.1) is 11.2 Å². The molecule has 2 aromatic carbocycles. The molecular formula is C21H19N3O. The molecule has 0 saturated carbocycles. The second-order valence-electron chi connectivity index (χ2n) is 6.25. The highest BCUT2D eigenvalue weighted by molar-refractivity contribution is 6.03. The summed E-state index contributed by atoms with van der Waals surface area (Å²) in [4.78, 5) is 16.9. The number of rotatable bonds is 2. The lowest BCUT2D eigenvalue weighted by atomic mass is 10.0. The molecule has 3 aromatic rings. The third-order valence-corrected chi connectivity index (χ3v) is 4.56. The van der Waals surface area contributed by atoms with Gasteiger partial charge in [0.2, 0.25) is 0 Å². The topological polar surface area (TPSA) is 54.4 Å². The zero-order valence-electron chi connectivity index (χ0n) is 13.9. The average molecular weight is 329 g/mol. The molecule has 0 aliphatic heterocycles. The summed E-state index contributed by atoms with van der Waals surface area (Å²) < 4.78 is 0. The number of hydrazone groups is 1. The molecule has 0 bridgehead atoms. The number of hydrogen-bond acceptors (Lipinski definition) is 3. The molecular weight excluding hydrogens is 310 g/mol. The molecule has 124 valence electrons. The first-order valence-corrected chi connectivity index (χ1v) is 8.62. The minimum Gasteiger partial charge on any atom is -0.266 e. The molecule has 0 unspecified atom stereocenters. The van der Waals surface area contributed by atoms with Gasteiger partial charge in [0.25, 0.3) is 5.91 Å². The Hall–Kier alpha value is -3.01. The maximum Gasteiger partial charge on any atom is 0.289 e. The number of fused-ring (bicyclic) bond motifs is 2. The van der Waals surface area contributed by atoms with Crippen molar-refractivity contribution in [1.82, 2.24) is 10.4 Å². The number of nitrogens with zero attached hydrogens (tertiary/aromatic N) is 2. The third-order valence-electron chi connectivity index (χ3n) is 4.56. The number of aromatic nitrogens is 1. The number of carbonyl (C=O) groups excluding carboxylic acids is 1. The number of para-hydroxylation sites is 1. The lowest BCUT2D eigenvalue weighted by molar-refractivity contribution is 0.0950. The highest BCUT2D eigenvalue weighted by Gasteiger charge is 2.14. The third kappa shape index (κ3) is 3.29. The molecule has 4 rings (SSSR count). The number of hydrogen-bond donors (Lipinski definition) is 1. The molecule has 1 amide bonds. The lowest BCUT2D eigenvalue weighted by Crippen LogP contribution is -2.21. The van der Waals surface area contributed by atoms with Crippen LogP contribution in [0.3, 0.4) is 0 Å². The SMILES string of the molecule is O=C(N/N=C1\CCCCc2ccccc21)c1ccc2ccccc2n1. The van der Waals surface area contributed by atoms with Crippen LogP contribution in [0.4, 0.5) is 0 Å². The van der Waals surface area contributed by atoms with E-state index in [9.17, 15) is 4.79 Å². The summed E-state index contributed by atoms with van der Waals surface area (Å²) in [7, 11) is 0. The Kier molecular flexibility index (Phi) is 4.25. The van der Waals surface area contributed by atoms with Crippen molar-refractivity contribution in [3.63, 3.8) is 0 Å². The standard InChI is InChI=1S/C21H19N3O/c25-21(20-14-13-16-9-3-5-11-18(16)22-20)24-23-19-12-6-2-8-15-7-1-4-10-17(15)19/h1,3-5,7,9-11,13-14H,2,6,8,12H2,(H,24,25)/b23-19+. The van der Waals surface area contributed by atoms with Gasteiger partial charge in [-0.2, -0.15) is 5.10 Å². The van der Waals surface area contributed by atoms with Crippen LogP contribution in [0.25, 0.3) is 10.9 Å². The summed E-state index contributed by atoms with van der Waals surface area (Å²) in [5, 5.41) is 5.43. The maximum atomic E-state index is 12.4. The monoisotopic (exact) mass is 329 g/mol. The van der Waals surface area contributed by atoms with Crippen molar-refractivity contribution >= 4 is 22.5 Å². The molecule has 1 aromatic heterocycles. The van der Waals surface area contributed by atoms with E-state index in [1.165, 1.54) is 5.56 Å². The van der Waals surface area contributed by atoms with Crippen LogP contribution in [0.1, 0.15) is 40.9 Å². The van der Waals surface area contributed by atoms with Gasteiger partial charge in [0.15, 0.2) is 0 Å². The highest BCUT2D eigenvalue weighted by Crippen LogP contribution is 2.20. The minimum atomic E-state index is -0.278. The Balaban J connectivity index is 1.59. The zero-order valence-corrected chi connectivity index (χ0v) is 13.9. The van der Waals surface area contributed by atoms with Gasteiger partial charge in [-0.3, -0.25) is 4.79 Å². The first kappa shape index (κ1) is 15.5. The maximum absolute atomic E-state index is 12.4. The predicted molar refractivity (Wildman–Crippen MR) is 99.7 cm³/mol. The van der Waals surface area contributed by atoms with Crippen molar-refractivity contribution in [3.8, 4) is 0 Å². The average Bonchev–Trinajstić information content (AvgIpc) is 2.88. The van der Waals surface area contributed by atoms with Gasteiger partial charge in [0.1, 0.15) is 5.69 Å². The fourth-order valence-corrected chi connectivity index (χ4v) is 3.25. The molecule has 1 heterocycles. The molecule has 0 saturated heterocycles. The fourth-order valence-electron chi connectivity index (χ4n) is 3.25. The van der Waals surface area contributed by atoms with Crippen molar-refractivity contribution in [2.24, 2.45) is 5.10 Å². The van der Waals surface area contributed by atoms with E-state index in [4.69, 9.17) is 0 Å². The number of aryl methyl sites for hydroxylation is 1. The van der Waals surface area contributed by atoms with E-state index < -0.39 is 0 Å². The Morgan fingerprint density at radius 3 is 2.68 bits per heavy atom. The lowest BCUT2D eigenvalue weighted by Gasteiger charge is -2.08. The van der Waals surface area contributed by atoms with Crippen molar-refractivity contribution < 1.29 is 4.79 Å². The normalized spacial score (nSPS) is 15.6. The van der Waals surface area contributed by atoms with Crippen LogP contribution >= 0.6 is 0 Å². The smallest absolute Gasteiger partial charge is 0.266 e. The number of benzene rings is 2. The first-order chi connectivity index (χ1) is 12.3. The second-order valence-corrected chi connectivity index (χ2v) is 6.25. The molecule has 1 aliphatic carbocycles. The second kappa shape index (κ2) is 6.85. The van der Waals surface area contributed by atoms with Crippen LogP contribution in [0.5, 0.6) is 0 Å². The summed E-state index contributed by atoms with van der Waals surface area (Å²) in [5.74, 6) is -0.278. The van der Waals surface area contributed by atoms with Crippen molar-refractivity contribution in [1.29, 1.82) is 0 Å². The van der Waals surface area contributed by atoms with Crippen molar-refractivity contribution in [2.45, 2.75) is 25.7 Å². The van der Waals surface area contributed by atoms with E-state index >= 15 is 0 Å². The molecule has 4 heteroatoms. The number of amides is 1. The van der Waals surface area contributed by atoms with E-state index in [1.807, 2.05) is 36.4 Å². The minimum absolute atomic E-state index is 0.278. The van der Waals surface area contributed by atoms with Crippen LogP contribution in [-0.4, -0.2) is 16.6 Å². The molecule has 0 atom stereocenters. The van der Waals surface area contributed by atoms with Gasteiger partial charge in [-0.25, -0.2) is 10.4 Å². The van der Waals surface area contributed by atoms with Gasteiger partial charge in [-0.05, 0) is 43.4 Å². The van der Waals surface area contributed by atoms with Gasteiger partial charge in [-0.15, -0.1) is 0 Å². The Morgan fingerprint density at radius 1 is 0.920 bits per heavy atom. The summed E-state index contributed by atoms with van der Waals surface area (Å²) in [6, 6.07) is 19.7. The molecule has 1 aliphatic rings. The molecule has 4 nitrogen and oxygen atoms in total. The van der Waals surface area contributed by atoms with E-state index in [1.54, 1.807) is 6.07 Å². The molecule has 0 fully saturated rings. The summed E-state index contributed by atoms with van der Waals surface area (Å²) in [6.45, 7) is 0. The summed E-state index contributed by atoms with van der Waals surface area (Å²) >= 11 is 0. The molecule has 0 radical (unpaired) electrons. The number of pyridine rings is 1. The first-order valence-electron chi connectivity index (χ1n) is 8.62. The molecule has 1 N–H and O–H groups in total. The van der Waals surface area contributed by atoms with E-state index in [2.05, 4.69) is 33.7 Å². The fraction of sp³-hybridized carbons (Fsp3) is 0.190.